The number of carbonyl (C=O) groups excluding carboxylic acids is 2. The molecule has 0 radical (unpaired) electrons. The summed E-state index contributed by atoms with van der Waals surface area (Å²) in [5.41, 5.74) is 1.80. The van der Waals surface area contributed by atoms with Gasteiger partial charge in [0.1, 0.15) is 0 Å². The first kappa shape index (κ1) is 18.2. The van der Waals surface area contributed by atoms with Gasteiger partial charge in [-0.1, -0.05) is 46.3 Å². The first-order valence-corrected chi connectivity index (χ1v) is 8.64. The van der Waals surface area contributed by atoms with Crippen molar-refractivity contribution in [2.45, 2.75) is 26.3 Å². The van der Waals surface area contributed by atoms with E-state index >= 15 is 0 Å². The maximum Gasteiger partial charge on any atom is 0.226 e. The molecule has 2 amide bonds. The Morgan fingerprint density at radius 3 is 2.29 bits per heavy atom. The molecular formula is C19H21BrN2O2. The second kappa shape index (κ2) is 8.64. The average Bonchev–Trinajstić information content (AvgIpc) is 2.57. The Morgan fingerprint density at radius 2 is 1.71 bits per heavy atom. The smallest absolute Gasteiger partial charge is 0.226 e. The standard InChI is InChI=1S/C19H21BrN2O2/c1-14(16-6-4-3-5-7-16)22(15(2)23)13-12-19(24)21-18-10-8-17(20)9-11-18/h3-11,14H,12-13H2,1-2H3,(H,21,24). The van der Waals surface area contributed by atoms with Crippen molar-refractivity contribution in [3.8, 4) is 0 Å². The highest BCUT2D eigenvalue weighted by Gasteiger charge is 2.19. The van der Waals surface area contributed by atoms with E-state index in [1.807, 2.05) is 61.5 Å². The highest BCUT2D eigenvalue weighted by atomic mass is 79.9. The monoisotopic (exact) mass is 388 g/mol. The molecule has 1 atom stereocenters. The topological polar surface area (TPSA) is 49.4 Å². The van der Waals surface area contributed by atoms with Crippen LogP contribution in [0.15, 0.2) is 59.1 Å². The lowest BCUT2D eigenvalue weighted by Crippen LogP contribution is -2.34. The Kier molecular flexibility index (Phi) is 6.55. The number of hydrogen-bond acceptors (Lipinski definition) is 2. The number of nitrogens with zero attached hydrogens (tertiary/aromatic N) is 1. The van der Waals surface area contributed by atoms with Gasteiger partial charge < -0.3 is 10.2 Å². The first-order chi connectivity index (χ1) is 11.5. The lowest BCUT2D eigenvalue weighted by Gasteiger charge is -2.28. The second-order valence-corrected chi connectivity index (χ2v) is 6.52. The Hall–Kier alpha value is -2.14. The summed E-state index contributed by atoms with van der Waals surface area (Å²) in [6, 6.07) is 17.2. The Bertz CT molecular complexity index is 686. The minimum Gasteiger partial charge on any atom is -0.336 e. The van der Waals surface area contributed by atoms with Crippen LogP contribution in [0, 0.1) is 0 Å². The van der Waals surface area contributed by atoms with Crippen LogP contribution in [-0.4, -0.2) is 23.3 Å². The van der Waals surface area contributed by atoms with E-state index in [4.69, 9.17) is 0 Å². The molecule has 0 aliphatic heterocycles. The van der Waals surface area contributed by atoms with Gasteiger partial charge in [-0.3, -0.25) is 9.59 Å². The van der Waals surface area contributed by atoms with Crippen LogP contribution in [0.25, 0.3) is 0 Å². The van der Waals surface area contributed by atoms with E-state index in [-0.39, 0.29) is 24.3 Å². The molecule has 0 saturated heterocycles. The molecule has 2 rings (SSSR count). The summed E-state index contributed by atoms with van der Waals surface area (Å²) in [6.07, 6.45) is 0.257. The highest BCUT2D eigenvalue weighted by Crippen LogP contribution is 2.20. The fourth-order valence-electron chi connectivity index (χ4n) is 2.51. The number of benzene rings is 2. The van der Waals surface area contributed by atoms with Crippen LogP contribution in [0.2, 0.25) is 0 Å². The van der Waals surface area contributed by atoms with Crippen molar-refractivity contribution in [3.63, 3.8) is 0 Å². The number of carbonyl (C=O) groups is 2. The van der Waals surface area contributed by atoms with Gasteiger partial charge in [-0.2, -0.15) is 0 Å². The highest BCUT2D eigenvalue weighted by molar-refractivity contribution is 9.10. The molecule has 0 saturated carbocycles. The average molecular weight is 389 g/mol. The van der Waals surface area contributed by atoms with E-state index in [9.17, 15) is 9.59 Å². The third kappa shape index (κ3) is 5.20. The van der Waals surface area contributed by atoms with Crippen molar-refractivity contribution in [3.05, 3.63) is 64.6 Å². The summed E-state index contributed by atoms with van der Waals surface area (Å²) in [4.78, 5) is 25.8. The van der Waals surface area contributed by atoms with Crippen LogP contribution in [0.1, 0.15) is 31.9 Å². The lowest BCUT2D eigenvalue weighted by atomic mass is 10.1. The zero-order valence-electron chi connectivity index (χ0n) is 13.8. The minimum atomic E-state index is -0.108. The number of amides is 2. The maximum absolute atomic E-state index is 12.1. The molecule has 0 heterocycles. The summed E-state index contributed by atoms with van der Waals surface area (Å²) >= 11 is 3.36. The molecular weight excluding hydrogens is 368 g/mol. The predicted octanol–water partition coefficient (Wildman–Crippen LogP) is 4.39. The van der Waals surface area contributed by atoms with Crippen molar-refractivity contribution >= 4 is 33.4 Å². The van der Waals surface area contributed by atoms with Crippen LogP contribution in [0.4, 0.5) is 5.69 Å². The third-order valence-corrected chi connectivity index (χ3v) is 4.39. The predicted molar refractivity (Wildman–Crippen MR) is 99.6 cm³/mol. The lowest BCUT2D eigenvalue weighted by molar-refractivity contribution is -0.131. The maximum atomic E-state index is 12.1. The van der Waals surface area contributed by atoms with Gasteiger partial charge in [0.2, 0.25) is 11.8 Å². The van der Waals surface area contributed by atoms with Gasteiger partial charge in [0, 0.05) is 30.0 Å². The Balaban J connectivity index is 1.94. The van der Waals surface area contributed by atoms with Crippen molar-refractivity contribution in [1.82, 2.24) is 4.90 Å². The minimum absolute atomic E-state index is 0.0391. The number of hydrogen-bond donors (Lipinski definition) is 1. The molecule has 2 aromatic carbocycles. The van der Waals surface area contributed by atoms with Crippen LogP contribution in [0.3, 0.4) is 0 Å². The second-order valence-electron chi connectivity index (χ2n) is 5.60. The number of nitrogens with one attached hydrogen (secondary N) is 1. The van der Waals surface area contributed by atoms with E-state index in [0.29, 0.717) is 6.54 Å². The van der Waals surface area contributed by atoms with Gasteiger partial charge in [0.15, 0.2) is 0 Å². The molecule has 0 aliphatic carbocycles. The van der Waals surface area contributed by atoms with E-state index in [1.165, 1.54) is 6.92 Å². The van der Waals surface area contributed by atoms with Crippen molar-refractivity contribution in [2.24, 2.45) is 0 Å². The van der Waals surface area contributed by atoms with Gasteiger partial charge in [0.05, 0.1) is 6.04 Å². The molecule has 0 aromatic heterocycles. The van der Waals surface area contributed by atoms with E-state index in [2.05, 4.69) is 21.2 Å². The number of halogens is 1. The Morgan fingerprint density at radius 1 is 1.08 bits per heavy atom. The molecule has 5 heteroatoms. The summed E-state index contributed by atoms with van der Waals surface area (Å²) in [6.45, 7) is 3.89. The van der Waals surface area contributed by atoms with E-state index < -0.39 is 0 Å². The van der Waals surface area contributed by atoms with Crippen molar-refractivity contribution in [1.29, 1.82) is 0 Å². The van der Waals surface area contributed by atoms with Gasteiger partial charge >= 0.3 is 0 Å². The molecule has 126 valence electrons. The van der Waals surface area contributed by atoms with Crippen molar-refractivity contribution < 1.29 is 9.59 Å². The molecule has 1 unspecified atom stereocenters. The first-order valence-electron chi connectivity index (χ1n) is 7.85. The zero-order chi connectivity index (χ0) is 17.5. The van der Waals surface area contributed by atoms with Crippen LogP contribution < -0.4 is 5.32 Å². The quantitative estimate of drug-likeness (QED) is 0.797. The van der Waals surface area contributed by atoms with Crippen molar-refractivity contribution in [2.75, 3.05) is 11.9 Å². The molecule has 0 aliphatic rings. The Labute approximate surface area is 151 Å². The molecule has 4 nitrogen and oxygen atoms in total. The number of anilines is 1. The van der Waals surface area contributed by atoms with Gasteiger partial charge in [-0.15, -0.1) is 0 Å². The van der Waals surface area contributed by atoms with Crippen LogP contribution in [0.5, 0.6) is 0 Å². The van der Waals surface area contributed by atoms with E-state index in [0.717, 1.165) is 15.7 Å². The van der Waals surface area contributed by atoms with Gasteiger partial charge in [-0.25, -0.2) is 0 Å². The molecule has 24 heavy (non-hydrogen) atoms. The number of rotatable bonds is 6. The molecule has 2 aromatic rings. The molecule has 1 N–H and O–H groups in total. The summed E-state index contributed by atoms with van der Waals surface area (Å²) in [5, 5.41) is 2.84. The SMILES string of the molecule is CC(=O)N(CCC(=O)Nc1ccc(Br)cc1)C(C)c1ccccc1. The van der Waals surface area contributed by atoms with E-state index in [1.54, 1.807) is 4.90 Å². The van der Waals surface area contributed by atoms with Crippen LogP contribution >= 0.6 is 15.9 Å². The normalized spacial score (nSPS) is 11.6. The molecule has 0 bridgehead atoms. The zero-order valence-corrected chi connectivity index (χ0v) is 15.4. The van der Waals surface area contributed by atoms with Gasteiger partial charge in [0.25, 0.3) is 0 Å². The molecule has 0 spiro atoms. The third-order valence-electron chi connectivity index (χ3n) is 3.86. The summed E-state index contributed by atoms with van der Waals surface area (Å²) in [7, 11) is 0. The van der Waals surface area contributed by atoms with Crippen LogP contribution in [-0.2, 0) is 9.59 Å². The fraction of sp³-hybridized carbons (Fsp3) is 0.263. The summed E-state index contributed by atoms with van der Waals surface area (Å²) < 4.78 is 0.958. The summed E-state index contributed by atoms with van der Waals surface area (Å²) in [5.74, 6) is -0.147. The van der Waals surface area contributed by atoms with Gasteiger partial charge in [-0.05, 0) is 36.8 Å². The fourth-order valence-corrected chi connectivity index (χ4v) is 2.78. The largest absolute Gasteiger partial charge is 0.336 e. The molecule has 0 fully saturated rings.